The Morgan fingerprint density at radius 2 is 1.69 bits per heavy atom. The molecule has 0 aliphatic carbocycles. The number of hydrogen-bond acceptors (Lipinski definition) is 4. The Hall–Kier alpha value is -3.39. The van der Waals surface area contributed by atoms with Gasteiger partial charge in [0.25, 0.3) is 5.91 Å². The largest absolute Gasteiger partial charge is 0.465 e. The van der Waals surface area contributed by atoms with Crippen LogP contribution in [-0.4, -0.2) is 19.0 Å². The van der Waals surface area contributed by atoms with Crippen LogP contribution in [0.3, 0.4) is 0 Å². The summed E-state index contributed by atoms with van der Waals surface area (Å²) in [4.78, 5) is 23.7. The molecule has 0 radical (unpaired) electrons. The van der Waals surface area contributed by atoms with E-state index >= 15 is 0 Å². The molecule has 0 saturated heterocycles. The molecule has 1 N–H and O–H groups in total. The summed E-state index contributed by atoms with van der Waals surface area (Å²) in [5.41, 5.74) is 2.84. The third kappa shape index (κ3) is 4.81. The zero-order chi connectivity index (χ0) is 19.1. The normalized spacial score (nSPS) is 11.0. The molecule has 0 aromatic heterocycles. The Morgan fingerprint density at radius 1 is 1.08 bits per heavy atom. The summed E-state index contributed by atoms with van der Waals surface area (Å²) in [5, 5.41) is 11.9. The van der Waals surface area contributed by atoms with Gasteiger partial charge in [0.2, 0.25) is 0 Å². The summed E-state index contributed by atoms with van der Waals surface area (Å²) in [6, 6.07) is 15.9. The summed E-state index contributed by atoms with van der Waals surface area (Å²) >= 11 is 0. The number of amides is 1. The summed E-state index contributed by atoms with van der Waals surface area (Å²) in [6.07, 6.45) is 1.54. The zero-order valence-electron chi connectivity index (χ0n) is 14.9. The van der Waals surface area contributed by atoms with Crippen molar-refractivity contribution in [1.82, 2.24) is 0 Å². The lowest BCUT2D eigenvalue weighted by atomic mass is 10.0. The van der Waals surface area contributed by atoms with Gasteiger partial charge in [0.15, 0.2) is 0 Å². The fraction of sp³-hybridized carbons (Fsp3) is 0.190. The number of nitrogens with zero attached hydrogens (tertiary/aromatic N) is 1. The number of carbonyl (C=O) groups excluding carboxylic acids is 2. The van der Waals surface area contributed by atoms with Gasteiger partial charge in [0, 0.05) is 5.69 Å². The van der Waals surface area contributed by atoms with Crippen molar-refractivity contribution < 1.29 is 14.3 Å². The second-order valence-corrected chi connectivity index (χ2v) is 6.01. The van der Waals surface area contributed by atoms with Crippen LogP contribution in [0, 0.1) is 11.3 Å². The molecule has 26 heavy (non-hydrogen) atoms. The van der Waals surface area contributed by atoms with E-state index in [1.165, 1.54) is 12.7 Å². The molecule has 132 valence electrons. The quantitative estimate of drug-likeness (QED) is 0.500. The van der Waals surface area contributed by atoms with Crippen LogP contribution >= 0.6 is 0 Å². The second-order valence-electron chi connectivity index (χ2n) is 6.01. The predicted molar refractivity (Wildman–Crippen MR) is 101 cm³/mol. The SMILES string of the molecule is COC(=O)c1ccc(NC(=O)C(C#N)=Cc2ccc(C(C)C)cc2)cc1. The highest BCUT2D eigenvalue weighted by atomic mass is 16.5. The molecule has 0 fully saturated rings. The first-order chi connectivity index (χ1) is 12.4. The number of nitriles is 1. The maximum absolute atomic E-state index is 12.3. The van der Waals surface area contributed by atoms with Crippen molar-refractivity contribution in [3.63, 3.8) is 0 Å². The maximum atomic E-state index is 12.3. The van der Waals surface area contributed by atoms with Crippen LogP contribution in [0.5, 0.6) is 0 Å². The first-order valence-electron chi connectivity index (χ1n) is 8.16. The Morgan fingerprint density at radius 3 is 2.19 bits per heavy atom. The van der Waals surface area contributed by atoms with E-state index in [2.05, 4.69) is 23.9 Å². The Kier molecular flexibility index (Phi) is 6.29. The molecule has 0 aliphatic rings. The van der Waals surface area contributed by atoms with Crippen molar-refractivity contribution in [2.24, 2.45) is 0 Å². The highest BCUT2D eigenvalue weighted by Gasteiger charge is 2.11. The number of methoxy groups -OCH3 is 1. The summed E-state index contributed by atoms with van der Waals surface area (Å²) in [5.74, 6) is -0.545. The van der Waals surface area contributed by atoms with Gasteiger partial charge in [-0.05, 0) is 47.4 Å². The zero-order valence-corrected chi connectivity index (χ0v) is 14.9. The number of benzene rings is 2. The molecular formula is C21H20N2O3. The van der Waals surface area contributed by atoms with Gasteiger partial charge in [0.1, 0.15) is 11.6 Å². The average molecular weight is 348 g/mol. The van der Waals surface area contributed by atoms with Gasteiger partial charge in [-0.25, -0.2) is 4.79 Å². The van der Waals surface area contributed by atoms with Crippen molar-refractivity contribution in [3.05, 3.63) is 70.8 Å². The monoisotopic (exact) mass is 348 g/mol. The van der Waals surface area contributed by atoms with Gasteiger partial charge in [-0.2, -0.15) is 5.26 Å². The molecule has 0 unspecified atom stereocenters. The highest BCUT2D eigenvalue weighted by molar-refractivity contribution is 6.09. The van der Waals surface area contributed by atoms with Crippen molar-refractivity contribution in [2.45, 2.75) is 19.8 Å². The first kappa shape index (κ1) is 18.9. The molecule has 0 atom stereocenters. The molecular weight excluding hydrogens is 328 g/mol. The minimum Gasteiger partial charge on any atom is -0.465 e. The smallest absolute Gasteiger partial charge is 0.337 e. The van der Waals surface area contributed by atoms with Crippen LogP contribution in [-0.2, 0) is 9.53 Å². The lowest BCUT2D eigenvalue weighted by Gasteiger charge is -2.07. The Bertz CT molecular complexity index is 858. The number of esters is 1. The van der Waals surface area contributed by atoms with Gasteiger partial charge >= 0.3 is 5.97 Å². The van der Waals surface area contributed by atoms with Crippen molar-refractivity contribution in [3.8, 4) is 6.07 Å². The van der Waals surface area contributed by atoms with E-state index in [0.717, 1.165) is 5.56 Å². The summed E-state index contributed by atoms with van der Waals surface area (Å²) in [7, 11) is 1.30. The average Bonchev–Trinajstić information content (AvgIpc) is 2.66. The Balaban J connectivity index is 2.13. The number of rotatable bonds is 5. The molecule has 2 rings (SSSR count). The Labute approximate surface area is 152 Å². The van der Waals surface area contributed by atoms with Gasteiger partial charge in [-0.3, -0.25) is 4.79 Å². The van der Waals surface area contributed by atoms with Crippen LogP contribution < -0.4 is 5.32 Å². The molecule has 0 aliphatic heterocycles. The van der Waals surface area contributed by atoms with E-state index in [9.17, 15) is 14.9 Å². The van der Waals surface area contributed by atoms with Crippen LogP contribution in [0.2, 0.25) is 0 Å². The number of nitrogens with one attached hydrogen (secondary N) is 1. The van der Waals surface area contributed by atoms with E-state index in [4.69, 9.17) is 0 Å². The van der Waals surface area contributed by atoms with Gasteiger partial charge in [-0.15, -0.1) is 0 Å². The summed E-state index contributed by atoms with van der Waals surface area (Å²) in [6.45, 7) is 4.20. The number of anilines is 1. The molecule has 0 bridgehead atoms. The molecule has 0 saturated carbocycles. The van der Waals surface area contributed by atoms with Gasteiger partial charge < -0.3 is 10.1 Å². The van der Waals surface area contributed by atoms with Crippen molar-refractivity contribution in [2.75, 3.05) is 12.4 Å². The minimum absolute atomic E-state index is 0.000610. The fourth-order valence-electron chi connectivity index (χ4n) is 2.30. The van der Waals surface area contributed by atoms with E-state index in [1.54, 1.807) is 30.3 Å². The van der Waals surface area contributed by atoms with Crippen molar-refractivity contribution in [1.29, 1.82) is 5.26 Å². The molecule has 5 nitrogen and oxygen atoms in total. The second kappa shape index (κ2) is 8.63. The molecule has 0 heterocycles. The highest BCUT2D eigenvalue weighted by Crippen LogP contribution is 2.17. The van der Waals surface area contributed by atoms with Crippen LogP contribution in [0.25, 0.3) is 6.08 Å². The molecule has 5 heteroatoms. The van der Waals surface area contributed by atoms with Gasteiger partial charge in [0.05, 0.1) is 12.7 Å². The van der Waals surface area contributed by atoms with Crippen LogP contribution in [0.1, 0.15) is 41.3 Å². The maximum Gasteiger partial charge on any atom is 0.337 e. The van der Waals surface area contributed by atoms with E-state index in [0.29, 0.717) is 17.2 Å². The lowest BCUT2D eigenvalue weighted by molar-refractivity contribution is -0.112. The van der Waals surface area contributed by atoms with E-state index < -0.39 is 11.9 Å². The standard InChI is InChI=1S/C21H20N2O3/c1-14(2)16-6-4-15(5-7-16)12-18(13-22)20(24)23-19-10-8-17(9-11-19)21(25)26-3/h4-12,14H,1-3H3,(H,23,24). The minimum atomic E-state index is -0.508. The number of ether oxygens (including phenoxy) is 1. The molecule has 1 amide bonds. The summed E-state index contributed by atoms with van der Waals surface area (Å²) < 4.78 is 4.62. The van der Waals surface area contributed by atoms with Crippen LogP contribution in [0.15, 0.2) is 54.1 Å². The molecule has 0 spiro atoms. The lowest BCUT2D eigenvalue weighted by Crippen LogP contribution is -2.13. The third-order valence-electron chi connectivity index (χ3n) is 3.84. The van der Waals surface area contributed by atoms with Crippen LogP contribution in [0.4, 0.5) is 5.69 Å². The first-order valence-corrected chi connectivity index (χ1v) is 8.16. The topological polar surface area (TPSA) is 79.2 Å². The van der Waals surface area contributed by atoms with E-state index in [1.807, 2.05) is 30.3 Å². The van der Waals surface area contributed by atoms with E-state index in [-0.39, 0.29) is 5.57 Å². The van der Waals surface area contributed by atoms with Crippen molar-refractivity contribution >= 4 is 23.6 Å². The molecule has 2 aromatic rings. The number of hydrogen-bond donors (Lipinski definition) is 1. The van der Waals surface area contributed by atoms with Gasteiger partial charge in [-0.1, -0.05) is 38.1 Å². The molecule has 2 aromatic carbocycles. The fourth-order valence-corrected chi connectivity index (χ4v) is 2.30. The predicted octanol–water partition coefficient (Wildman–Crippen LogP) is 4.14. The number of carbonyl (C=O) groups is 2. The third-order valence-corrected chi connectivity index (χ3v) is 3.84.